The number of carbonyl (C=O) groups excluding carboxylic acids is 2. The Hall–Kier alpha value is -3.15. The minimum absolute atomic E-state index is 0.170. The molecule has 1 aliphatic heterocycles. The van der Waals surface area contributed by atoms with Crippen LogP contribution in [0.3, 0.4) is 0 Å². The maximum absolute atomic E-state index is 12.4. The van der Waals surface area contributed by atoms with E-state index < -0.39 is 12.1 Å². The molecule has 2 aromatic carbocycles. The molecule has 1 saturated heterocycles. The monoisotopic (exact) mass is 394 g/mol. The lowest BCUT2D eigenvalue weighted by Crippen LogP contribution is -2.34. The summed E-state index contributed by atoms with van der Waals surface area (Å²) >= 11 is 0. The lowest BCUT2D eigenvalue weighted by molar-refractivity contribution is 0.0600. The van der Waals surface area contributed by atoms with Crippen molar-refractivity contribution in [1.29, 1.82) is 0 Å². The summed E-state index contributed by atoms with van der Waals surface area (Å²) in [6.45, 7) is 6.41. The molecule has 1 fully saturated rings. The van der Waals surface area contributed by atoms with Crippen LogP contribution in [0.2, 0.25) is 0 Å². The number of rotatable bonds is 5. The van der Waals surface area contributed by atoms with Crippen LogP contribution in [0.5, 0.6) is 0 Å². The number of ether oxygens (including phenoxy) is 2. The molecule has 0 aliphatic carbocycles. The van der Waals surface area contributed by atoms with Crippen LogP contribution in [-0.4, -0.2) is 42.5 Å². The molecule has 0 radical (unpaired) electrons. The van der Waals surface area contributed by atoms with Crippen molar-refractivity contribution < 1.29 is 19.1 Å². The van der Waals surface area contributed by atoms with Gasteiger partial charge in [-0.3, -0.25) is 0 Å². The molecule has 0 spiro atoms. The molecular formula is C23H26N2O4. The van der Waals surface area contributed by atoms with E-state index in [1.54, 1.807) is 12.1 Å². The van der Waals surface area contributed by atoms with Crippen LogP contribution in [-0.2, 0) is 15.9 Å². The molecule has 152 valence electrons. The second-order valence-corrected chi connectivity index (χ2v) is 8.03. The van der Waals surface area contributed by atoms with Gasteiger partial charge in [0.05, 0.1) is 24.4 Å². The summed E-state index contributed by atoms with van der Waals surface area (Å²) in [5.41, 5.74) is 2.84. The van der Waals surface area contributed by atoms with Crippen LogP contribution in [0.15, 0.2) is 59.7 Å². The molecule has 6 heteroatoms. The van der Waals surface area contributed by atoms with Crippen LogP contribution in [0.1, 0.15) is 42.3 Å². The number of cyclic esters (lactones) is 1. The van der Waals surface area contributed by atoms with Gasteiger partial charge >= 0.3 is 12.1 Å². The Labute approximate surface area is 171 Å². The molecule has 0 aromatic heterocycles. The van der Waals surface area contributed by atoms with E-state index in [-0.39, 0.29) is 11.5 Å². The van der Waals surface area contributed by atoms with E-state index in [9.17, 15) is 9.59 Å². The quantitative estimate of drug-likeness (QED) is 0.560. The maximum Gasteiger partial charge on any atom is 0.430 e. The van der Waals surface area contributed by atoms with Crippen LogP contribution >= 0.6 is 0 Å². The highest BCUT2D eigenvalue weighted by Crippen LogP contribution is 2.26. The molecule has 29 heavy (non-hydrogen) atoms. The van der Waals surface area contributed by atoms with Crippen LogP contribution in [0.25, 0.3) is 0 Å². The zero-order valence-electron chi connectivity index (χ0n) is 17.2. The van der Waals surface area contributed by atoms with Crippen molar-refractivity contribution in [2.75, 3.05) is 13.7 Å². The van der Waals surface area contributed by atoms with Crippen molar-refractivity contribution in [3.05, 3.63) is 71.3 Å². The van der Waals surface area contributed by atoms with Crippen LogP contribution in [0, 0.1) is 5.41 Å². The van der Waals surface area contributed by atoms with E-state index in [2.05, 4.69) is 0 Å². The number of benzene rings is 2. The molecule has 0 saturated carbocycles. The summed E-state index contributed by atoms with van der Waals surface area (Å²) in [6.07, 6.45) is 0.216. The van der Waals surface area contributed by atoms with Crippen LogP contribution in [0.4, 0.5) is 4.79 Å². The molecule has 1 atom stereocenters. The van der Waals surface area contributed by atoms with Gasteiger partial charge in [0.15, 0.2) is 0 Å². The SMILES string of the molecule is COC(=O)c1ccc(C(=NN2C(=O)OC[C@H]2Cc2ccccc2)C(C)(C)C)cc1. The Kier molecular flexibility index (Phi) is 6.01. The number of methoxy groups -OCH3 is 1. The van der Waals surface area contributed by atoms with Crippen molar-refractivity contribution in [2.45, 2.75) is 33.2 Å². The molecule has 0 unspecified atom stereocenters. The van der Waals surface area contributed by atoms with Crippen molar-refractivity contribution >= 4 is 17.8 Å². The van der Waals surface area contributed by atoms with Crippen molar-refractivity contribution in [2.24, 2.45) is 10.5 Å². The normalized spacial score (nSPS) is 17.2. The number of amides is 1. The lowest BCUT2D eigenvalue weighted by Gasteiger charge is -2.25. The van der Waals surface area contributed by atoms with E-state index >= 15 is 0 Å². The largest absolute Gasteiger partial charge is 0.465 e. The average molecular weight is 394 g/mol. The third kappa shape index (κ3) is 4.83. The number of nitrogens with zero attached hydrogens (tertiary/aromatic N) is 2. The molecule has 1 heterocycles. The maximum atomic E-state index is 12.4. The minimum atomic E-state index is -0.445. The zero-order valence-corrected chi connectivity index (χ0v) is 17.2. The number of hydrazone groups is 1. The summed E-state index contributed by atoms with van der Waals surface area (Å²) in [5.74, 6) is -0.392. The fourth-order valence-corrected chi connectivity index (χ4v) is 3.24. The zero-order chi connectivity index (χ0) is 21.0. The third-order valence-corrected chi connectivity index (χ3v) is 4.74. The summed E-state index contributed by atoms with van der Waals surface area (Å²) in [6, 6.07) is 16.9. The predicted molar refractivity (Wildman–Crippen MR) is 111 cm³/mol. The number of hydrogen-bond acceptors (Lipinski definition) is 5. The lowest BCUT2D eigenvalue weighted by atomic mass is 9.85. The highest BCUT2D eigenvalue weighted by atomic mass is 16.6. The van der Waals surface area contributed by atoms with Gasteiger partial charge in [-0.1, -0.05) is 63.2 Å². The first-order valence-corrected chi connectivity index (χ1v) is 9.57. The first-order valence-electron chi connectivity index (χ1n) is 9.57. The number of esters is 1. The van der Waals surface area contributed by atoms with Crippen molar-refractivity contribution in [3.8, 4) is 0 Å². The molecule has 0 N–H and O–H groups in total. The van der Waals surface area contributed by atoms with Gasteiger partial charge < -0.3 is 9.47 Å². The van der Waals surface area contributed by atoms with Gasteiger partial charge in [0, 0.05) is 5.41 Å². The Morgan fingerprint density at radius 2 is 1.72 bits per heavy atom. The average Bonchev–Trinajstić information content (AvgIpc) is 3.04. The molecule has 1 amide bonds. The second kappa shape index (κ2) is 8.47. The first-order chi connectivity index (χ1) is 13.8. The summed E-state index contributed by atoms with van der Waals surface area (Å²) < 4.78 is 10.0. The smallest absolute Gasteiger partial charge is 0.430 e. The first kappa shape index (κ1) is 20.6. The van der Waals surface area contributed by atoms with Gasteiger partial charge in [0.25, 0.3) is 0 Å². The van der Waals surface area contributed by atoms with Gasteiger partial charge in [0.2, 0.25) is 0 Å². The van der Waals surface area contributed by atoms with Gasteiger partial charge in [-0.2, -0.15) is 10.1 Å². The van der Waals surface area contributed by atoms with Crippen molar-refractivity contribution in [1.82, 2.24) is 5.01 Å². The Morgan fingerprint density at radius 3 is 2.31 bits per heavy atom. The Bertz CT molecular complexity index is 899. The van der Waals surface area contributed by atoms with Crippen molar-refractivity contribution in [3.63, 3.8) is 0 Å². The molecular weight excluding hydrogens is 368 g/mol. The van der Waals surface area contributed by atoms with Crippen LogP contribution < -0.4 is 0 Å². The van der Waals surface area contributed by atoms with E-state index in [1.807, 2.05) is 63.2 Å². The molecule has 3 rings (SSSR count). The van der Waals surface area contributed by atoms with Gasteiger partial charge in [-0.25, -0.2) is 9.59 Å². The number of hydrogen-bond donors (Lipinski definition) is 0. The summed E-state index contributed by atoms with van der Waals surface area (Å²) in [4.78, 5) is 24.1. The molecule has 1 aliphatic rings. The predicted octanol–water partition coefficient (Wildman–Crippen LogP) is 4.29. The van der Waals surface area contributed by atoms with Gasteiger partial charge in [-0.15, -0.1) is 0 Å². The van der Waals surface area contributed by atoms with Gasteiger partial charge in [-0.05, 0) is 29.7 Å². The highest BCUT2D eigenvalue weighted by molar-refractivity contribution is 6.05. The summed E-state index contributed by atoms with van der Waals surface area (Å²) in [5, 5.41) is 6.18. The fourth-order valence-electron chi connectivity index (χ4n) is 3.24. The van der Waals surface area contributed by atoms with Gasteiger partial charge in [0.1, 0.15) is 6.61 Å². The Balaban J connectivity index is 1.92. The molecule has 6 nitrogen and oxygen atoms in total. The molecule has 0 bridgehead atoms. The highest BCUT2D eigenvalue weighted by Gasteiger charge is 2.35. The minimum Gasteiger partial charge on any atom is -0.465 e. The summed E-state index contributed by atoms with van der Waals surface area (Å²) in [7, 11) is 1.35. The van der Waals surface area contributed by atoms with E-state index in [4.69, 9.17) is 14.6 Å². The molecule has 2 aromatic rings. The van der Waals surface area contributed by atoms with E-state index in [1.165, 1.54) is 12.1 Å². The standard InChI is InChI=1S/C23H26N2O4/c1-23(2,3)20(17-10-12-18(13-11-17)21(26)28-4)24-25-19(15-29-22(25)27)14-16-8-6-5-7-9-16/h5-13,19H,14-15H2,1-4H3/t19-/m1/s1. The van der Waals surface area contributed by atoms with E-state index in [0.29, 0.717) is 18.6 Å². The fraction of sp³-hybridized carbons (Fsp3) is 0.348. The second-order valence-electron chi connectivity index (χ2n) is 8.03. The van der Waals surface area contributed by atoms with E-state index in [0.717, 1.165) is 16.8 Å². The third-order valence-electron chi connectivity index (χ3n) is 4.74. The topological polar surface area (TPSA) is 68.2 Å². The number of carbonyl (C=O) groups is 2. The Morgan fingerprint density at radius 1 is 1.10 bits per heavy atom.